The number of likely N-dealkylation sites (tertiary alicyclic amines) is 4. The standard InChI is InChI=1S/C10H20N2.C8H16.2C7H15N.C6H14N2/c1-11-6-3-10(4-7-11)5-8-12(2)9-10;4*1-7-3-5-8(2)6-4-7/h3-9H2,1-2H3;7-8H,3-6H2,1-2H3;2*7H,3-6H2,1-2H3;3-6H2,1-2H3. The van der Waals surface area contributed by atoms with E-state index in [1.54, 1.807) is 0 Å². The zero-order valence-corrected chi connectivity index (χ0v) is 31.8. The summed E-state index contributed by atoms with van der Waals surface area (Å²) in [6, 6.07) is 0. The molecule has 6 nitrogen and oxygen atoms in total. The Bertz CT molecular complexity index is 557. The first-order valence-corrected chi connectivity index (χ1v) is 19.0. The predicted molar refractivity (Wildman–Crippen MR) is 195 cm³/mol. The number of rotatable bonds is 0. The maximum atomic E-state index is 2.49. The fourth-order valence-electron chi connectivity index (χ4n) is 7.27. The van der Waals surface area contributed by atoms with Crippen molar-refractivity contribution in [3.8, 4) is 0 Å². The van der Waals surface area contributed by atoms with E-state index in [1.165, 1.54) is 149 Å². The Morgan fingerprint density at radius 3 is 0.864 bits per heavy atom. The van der Waals surface area contributed by atoms with Gasteiger partial charge in [-0.25, -0.2) is 0 Å². The molecule has 6 fully saturated rings. The molecule has 0 aromatic rings. The summed E-state index contributed by atoms with van der Waals surface area (Å²) in [6.45, 7) is 24.9. The molecule has 1 saturated carbocycles. The van der Waals surface area contributed by atoms with E-state index in [0.29, 0.717) is 5.41 Å². The van der Waals surface area contributed by atoms with E-state index in [1.807, 2.05) is 0 Å². The second-order valence-electron chi connectivity index (χ2n) is 16.7. The summed E-state index contributed by atoms with van der Waals surface area (Å²) in [5, 5.41) is 0. The molecule has 44 heavy (non-hydrogen) atoms. The lowest BCUT2D eigenvalue weighted by molar-refractivity contribution is 0.130. The molecule has 5 saturated heterocycles. The lowest BCUT2D eigenvalue weighted by Gasteiger charge is -2.37. The van der Waals surface area contributed by atoms with Crippen LogP contribution in [-0.4, -0.2) is 150 Å². The fourth-order valence-corrected chi connectivity index (χ4v) is 7.27. The second kappa shape index (κ2) is 21.6. The second-order valence-corrected chi connectivity index (χ2v) is 16.7. The van der Waals surface area contributed by atoms with Gasteiger partial charge >= 0.3 is 0 Å². The minimum atomic E-state index is 0.710. The number of hydrogen-bond donors (Lipinski definition) is 0. The maximum absolute atomic E-state index is 2.49. The van der Waals surface area contributed by atoms with E-state index < -0.39 is 0 Å². The van der Waals surface area contributed by atoms with Gasteiger partial charge in [0.2, 0.25) is 0 Å². The quantitative estimate of drug-likeness (QED) is 0.309. The van der Waals surface area contributed by atoms with Gasteiger partial charge in [0.15, 0.2) is 0 Å². The van der Waals surface area contributed by atoms with Crippen LogP contribution in [0.1, 0.15) is 98.3 Å². The first kappa shape index (κ1) is 39.9. The van der Waals surface area contributed by atoms with E-state index in [9.17, 15) is 0 Å². The summed E-state index contributed by atoms with van der Waals surface area (Å²) >= 11 is 0. The highest BCUT2D eigenvalue weighted by atomic mass is 15.2. The summed E-state index contributed by atoms with van der Waals surface area (Å²) in [7, 11) is 13.2. The van der Waals surface area contributed by atoms with Gasteiger partial charge in [-0.05, 0) is 162 Å². The van der Waals surface area contributed by atoms with Crippen LogP contribution >= 0.6 is 0 Å². The van der Waals surface area contributed by atoms with Crippen LogP contribution < -0.4 is 0 Å². The van der Waals surface area contributed by atoms with Crippen molar-refractivity contribution in [2.75, 3.05) is 121 Å². The van der Waals surface area contributed by atoms with Crippen molar-refractivity contribution >= 4 is 0 Å². The number of hydrogen-bond acceptors (Lipinski definition) is 6. The number of piperazine rings is 1. The van der Waals surface area contributed by atoms with Gasteiger partial charge in [0, 0.05) is 32.7 Å². The third kappa shape index (κ3) is 17.6. The summed E-state index contributed by atoms with van der Waals surface area (Å²) in [5.74, 6) is 4.00. The van der Waals surface area contributed by atoms with Crippen LogP contribution in [0.25, 0.3) is 0 Å². The van der Waals surface area contributed by atoms with Crippen LogP contribution in [0.15, 0.2) is 0 Å². The number of piperidine rings is 3. The molecule has 262 valence electrons. The molecule has 6 heteroatoms. The molecule has 5 heterocycles. The molecule has 0 aromatic carbocycles. The lowest BCUT2D eigenvalue weighted by atomic mass is 9.78. The Morgan fingerprint density at radius 1 is 0.318 bits per heavy atom. The van der Waals surface area contributed by atoms with Crippen molar-refractivity contribution in [1.82, 2.24) is 29.4 Å². The van der Waals surface area contributed by atoms with Crippen LogP contribution in [-0.2, 0) is 0 Å². The Balaban J connectivity index is 0.000000194. The molecule has 5 aliphatic heterocycles. The van der Waals surface area contributed by atoms with Gasteiger partial charge in [-0.15, -0.1) is 0 Å². The van der Waals surface area contributed by atoms with Gasteiger partial charge < -0.3 is 29.4 Å². The molecule has 6 rings (SSSR count). The van der Waals surface area contributed by atoms with Gasteiger partial charge in [-0.2, -0.15) is 0 Å². The number of nitrogens with zero attached hydrogens (tertiary/aromatic N) is 6. The Hall–Kier alpha value is -0.240. The van der Waals surface area contributed by atoms with Gasteiger partial charge in [-0.3, -0.25) is 0 Å². The van der Waals surface area contributed by atoms with Gasteiger partial charge in [0.05, 0.1) is 0 Å². The summed E-state index contributed by atoms with van der Waals surface area (Å²) in [4.78, 5) is 14.5. The molecule has 1 aliphatic carbocycles. The van der Waals surface area contributed by atoms with Gasteiger partial charge in [0.1, 0.15) is 0 Å². The molecule has 0 atom stereocenters. The van der Waals surface area contributed by atoms with Gasteiger partial charge in [-0.1, -0.05) is 53.4 Å². The average molecular weight is 621 g/mol. The van der Waals surface area contributed by atoms with Crippen molar-refractivity contribution in [2.24, 2.45) is 29.1 Å². The number of likely N-dealkylation sites (N-methyl/N-ethyl adjacent to an activating group) is 2. The van der Waals surface area contributed by atoms with Crippen LogP contribution in [0.3, 0.4) is 0 Å². The van der Waals surface area contributed by atoms with Gasteiger partial charge in [0.25, 0.3) is 0 Å². The molecule has 0 bridgehead atoms. The first-order valence-electron chi connectivity index (χ1n) is 19.0. The van der Waals surface area contributed by atoms with Crippen molar-refractivity contribution in [2.45, 2.75) is 98.3 Å². The third-order valence-electron chi connectivity index (χ3n) is 11.7. The highest BCUT2D eigenvalue weighted by Gasteiger charge is 2.38. The van der Waals surface area contributed by atoms with Crippen LogP contribution in [0.2, 0.25) is 0 Å². The average Bonchev–Trinajstić information content (AvgIpc) is 3.38. The lowest BCUT2D eigenvalue weighted by Crippen LogP contribution is -2.42. The molecular weight excluding hydrogens is 540 g/mol. The normalized spacial score (nSPS) is 30.1. The van der Waals surface area contributed by atoms with E-state index in [0.717, 1.165) is 23.7 Å². The Kier molecular flexibility index (Phi) is 19.6. The summed E-state index contributed by atoms with van der Waals surface area (Å²) in [6.07, 6.45) is 15.8. The first-order chi connectivity index (χ1) is 20.9. The van der Waals surface area contributed by atoms with E-state index in [4.69, 9.17) is 0 Å². The summed E-state index contributed by atoms with van der Waals surface area (Å²) in [5.41, 5.74) is 0.710. The van der Waals surface area contributed by atoms with Crippen molar-refractivity contribution in [1.29, 1.82) is 0 Å². The van der Waals surface area contributed by atoms with Crippen molar-refractivity contribution in [3.63, 3.8) is 0 Å². The Morgan fingerprint density at radius 2 is 0.568 bits per heavy atom. The zero-order valence-electron chi connectivity index (χ0n) is 31.8. The SMILES string of the molecule is CC1CCC(C)CC1.CC1CCN(C)CC1.CC1CCN(C)CC1.CN1CCC2(CC1)CCN(C)C2.CN1CCN(C)CC1. The molecule has 0 amide bonds. The third-order valence-corrected chi connectivity index (χ3v) is 11.7. The van der Waals surface area contributed by atoms with Crippen molar-refractivity contribution < 1.29 is 0 Å². The molecule has 0 unspecified atom stereocenters. The predicted octanol–water partition coefficient (Wildman–Crippen LogP) is 6.43. The molecule has 0 radical (unpaired) electrons. The van der Waals surface area contributed by atoms with E-state index in [-0.39, 0.29) is 0 Å². The monoisotopic (exact) mass is 621 g/mol. The molecule has 1 spiro atoms. The highest BCUT2D eigenvalue weighted by molar-refractivity contribution is 4.92. The molecule has 0 N–H and O–H groups in total. The van der Waals surface area contributed by atoms with E-state index in [2.05, 4.69) is 99.4 Å². The zero-order chi connectivity index (χ0) is 32.5. The molecule has 0 aromatic heterocycles. The van der Waals surface area contributed by atoms with E-state index >= 15 is 0 Å². The molecular formula is C38H80N6. The largest absolute Gasteiger partial charge is 0.306 e. The Labute approximate surface area is 277 Å². The minimum Gasteiger partial charge on any atom is -0.306 e. The van der Waals surface area contributed by atoms with Crippen LogP contribution in [0.5, 0.6) is 0 Å². The fraction of sp³-hybridized carbons (Fsp3) is 1.00. The smallest absolute Gasteiger partial charge is 0.0107 e. The minimum absolute atomic E-state index is 0.710. The highest BCUT2D eigenvalue weighted by Crippen LogP contribution is 2.39. The van der Waals surface area contributed by atoms with Crippen molar-refractivity contribution in [3.05, 3.63) is 0 Å². The molecule has 6 aliphatic rings. The van der Waals surface area contributed by atoms with Crippen LogP contribution in [0.4, 0.5) is 0 Å². The topological polar surface area (TPSA) is 19.4 Å². The summed E-state index contributed by atoms with van der Waals surface area (Å²) < 4.78 is 0. The van der Waals surface area contributed by atoms with Crippen LogP contribution in [0, 0.1) is 29.1 Å². The maximum Gasteiger partial charge on any atom is 0.0107 e.